The van der Waals surface area contributed by atoms with Gasteiger partial charge in [-0.3, -0.25) is 0 Å². The van der Waals surface area contributed by atoms with Crippen LogP contribution >= 0.6 is 0 Å². The van der Waals surface area contributed by atoms with Crippen LogP contribution in [-0.2, 0) is 4.74 Å². The van der Waals surface area contributed by atoms with Crippen LogP contribution in [0.15, 0.2) is 24.3 Å². The van der Waals surface area contributed by atoms with E-state index >= 15 is 0 Å². The fourth-order valence-corrected chi connectivity index (χ4v) is 2.41. The number of ether oxygens (including phenoxy) is 3. The Bertz CT molecular complexity index is 510. The molecule has 0 aromatic heterocycles. The molecule has 0 saturated carbocycles. The Kier molecular flexibility index (Phi) is 5.16. The summed E-state index contributed by atoms with van der Waals surface area (Å²) >= 11 is 0. The minimum atomic E-state index is -0.455. The van der Waals surface area contributed by atoms with Crippen molar-refractivity contribution in [3.05, 3.63) is 24.3 Å². The Labute approximate surface area is 132 Å². The van der Waals surface area contributed by atoms with Gasteiger partial charge in [0, 0.05) is 19.0 Å². The van der Waals surface area contributed by atoms with E-state index in [1.54, 1.807) is 12.0 Å². The molecule has 22 heavy (non-hydrogen) atoms. The van der Waals surface area contributed by atoms with Gasteiger partial charge in [-0.25, -0.2) is 4.79 Å². The molecule has 0 unspecified atom stereocenters. The van der Waals surface area contributed by atoms with Gasteiger partial charge < -0.3 is 19.1 Å². The highest BCUT2D eigenvalue weighted by atomic mass is 16.6. The molecule has 1 saturated heterocycles. The van der Waals surface area contributed by atoms with Gasteiger partial charge in [0.25, 0.3) is 0 Å². The fourth-order valence-electron chi connectivity index (χ4n) is 2.41. The number of para-hydroxylation sites is 2. The van der Waals surface area contributed by atoms with E-state index in [0.29, 0.717) is 19.1 Å². The van der Waals surface area contributed by atoms with Crippen LogP contribution in [0.2, 0.25) is 0 Å². The number of benzene rings is 1. The Morgan fingerprint density at radius 2 is 1.95 bits per heavy atom. The molecule has 0 bridgehead atoms. The van der Waals surface area contributed by atoms with Gasteiger partial charge in [-0.05, 0) is 39.3 Å². The average Bonchev–Trinajstić information content (AvgIpc) is 2.92. The first-order chi connectivity index (χ1) is 10.4. The van der Waals surface area contributed by atoms with Crippen LogP contribution in [0.25, 0.3) is 0 Å². The molecule has 1 fully saturated rings. The third-order valence-electron chi connectivity index (χ3n) is 3.48. The Morgan fingerprint density at radius 3 is 2.59 bits per heavy atom. The van der Waals surface area contributed by atoms with Crippen molar-refractivity contribution in [1.82, 2.24) is 4.90 Å². The minimum absolute atomic E-state index is 0.243. The van der Waals surface area contributed by atoms with Crippen LogP contribution in [0.4, 0.5) is 4.79 Å². The Hall–Kier alpha value is -1.91. The molecule has 122 valence electrons. The first-order valence-corrected chi connectivity index (χ1v) is 7.63. The number of likely N-dealkylation sites (tertiary alicyclic amines) is 1. The van der Waals surface area contributed by atoms with Crippen molar-refractivity contribution < 1.29 is 19.0 Å². The number of nitrogens with zero attached hydrogens (tertiary/aromatic N) is 1. The second-order valence-electron chi connectivity index (χ2n) is 6.54. The summed E-state index contributed by atoms with van der Waals surface area (Å²) in [6.45, 7) is 7.59. The highest BCUT2D eigenvalue weighted by Gasteiger charge is 2.30. The summed E-state index contributed by atoms with van der Waals surface area (Å²) in [4.78, 5) is 13.8. The molecule has 5 heteroatoms. The van der Waals surface area contributed by atoms with Gasteiger partial charge in [-0.15, -0.1) is 0 Å². The van der Waals surface area contributed by atoms with Gasteiger partial charge in [0.15, 0.2) is 11.5 Å². The lowest BCUT2D eigenvalue weighted by atomic mass is 10.1. The molecule has 5 nitrogen and oxygen atoms in total. The van der Waals surface area contributed by atoms with Crippen LogP contribution < -0.4 is 9.47 Å². The van der Waals surface area contributed by atoms with Gasteiger partial charge in [-0.1, -0.05) is 12.1 Å². The molecule has 0 spiro atoms. The number of rotatable bonds is 4. The van der Waals surface area contributed by atoms with E-state index in [0.717, 1.165) is 24.5 Å². The smallest absolute Gasteiger partial charge is 0.410 e. The van der Waals surface area contributed by atoms with E-state index in [4.69, 9.17) is 14.2 Å². The molecule has 1 aliphatic rings. The summed E-state index contributed by atoms with van der Waals surface area (Å²) in [5.41, 5.74) is -0.455. The second-order valence-corrected chi connectivity index (χ2v) is 6.54. The van der Waals surface area contributed by atoms with Gasteiger partial charge in [0.2, 0.25) is 0 Å². The third kappa shape index (κ3) is 4.55. The van der Waals surface area contributed by atoms with Crippen molar-refractivity contribution >= 4 is 6.09 Å². The topological polar surface area (TPSA) is 48.0 Å². The summed E-state index contributed by atoms with van der Waals surface area (Å²) in [7, 11) is 1.63. The quantitative estimate of drug-likeness (QED) is 0.856. The summed E-state index contributed by atoms with van der Waals surface area (Å²) < 4.78 is 16.5. The van der Waals surface area contributed by atoms with Crippen LogP contribution in [0.5, 0.6) is 11.5 Å². The summed E-state index contributed by atoms with van der Waals surface area (Å²) in [5, 5.41) is 0. The zero-order chi connectivity index (χ0) is 16.2. The van der Waals surface area contributed by atoms with E-state index in [2.05, 4.69) is 0 Å². The third-order valence-corrected chi connectivity index (χ3v) is 3.48. The first-order valence-electron chi connectivity index (χ1n) is 7.63. The fraction of sp³-hybridized carbons (Fsp3) is 0.588. The molecule has 1 aromatic rings. The predicted molar refractivity (Wildman–Crippen MR) is 84.4 cm³/mol. The zero-order valence-corrected chi connectivity index (χ0v) is 13.8. The number of methoxy groups -OCH3 is 1. The lowest BCUT2D eigenvalue weighted by Crippen LogP contribution is -2.35. The molecular formula is C17H25NO4. The van der Waals surface area contributed by atoms with Crippen molar-refractivity contribution in [3.63, 3.8) is 0 Å². The minimum Gasteiger partial charge on any atom is -0.493 e. The van der Waals surface area contributed by atoms with Crippen molar-refractivity contribution in [2.45, 2.75) is 32.8 Å². The maximum atomic E-state index is 12.0. The average molecular weight is 307 g/mol. The van der Waals surface area contributed by atoms with Crippen molar-refractivity contribution in [2.75, 3.05) is 26.8 Å². The number of hydrogen-bond donors (Lipinski definition) is 0. The number of hydrogen-bond acceptors (Lipinski definition) is 4. The molecule has 1 aromatic carbocycles. The van der Waals surface area contributed by atoms with Crippen LogP contribution in [0.1, 0.15) is 27.2 Å². The largest absolute Gasteiger partial charge is 0.493 e. The summed E-state index contributed by atoms with van der Waals surface area (Å²) in [6.07, 6.45) is 0.682. The number of carbonyl (C=O) groups excluding carboxylic acids is 1. The second kappa shape index (κ2) is 6.90. The van der Waals surface area contributed by atoms with E-state index in [1.807, 2.05) is 45.0 Å². The highest BCUT2D eigenvalue weighted by Crippen LogP contribution is 2.27. The molecule has 0 N–H and O–H groups in total. The number of carbonyl (C=O) groups is 1. The lowest BCUT2D eigenvalue weighted by molar-refractivity contribution is 0.0284. The first kappa shape index (κ1) is 16.5. The summed E-state index contributed by atoms with van der Waals surface area (Å²) in [5.74, 6) is 1.78. The van der Waals surface area contributed by atoms with E-state index in [9.17, 15) is 4.79 Å². The van der Waals surface area contributed by atoms with Crippen LogP contribution in [0, 0.1) is 5.92 Å². The van der Waals surface area contributed by atoms with Gasteiger partial charge in [0.1, 0.15) is 5.60 Å². The maximum absolute atomic E-state index is 12.0. The predicted octanol–water partition coefficient (Wildman–Crippen LogP) is 3.33. The monoisotopic (exact) mass is 307 g/mol. The molecule has 1 amide bonds. The normalized spacial score (nSPS) is 18.2. The van der Waals surface area contributed by atoms with Crippen molar-refractivity contribution in [1.29, 1.82) is 0 Å². The van der Waals surface area contributed by atoms with Crippen molar-refractivity contribution in [2.24, 2.45) is 5.92 Å². The van der Waals surface area contributed by atoms with Gasteiger partial charge in [0.05, 0.1) is 13.7 Å². The number of amides is 1. The molecule has 1 atom stereocenters. The van der Waals surface area contributed by atoms with Crippen LogP contribution in [-0.4, -0.2) is 43.4 Å². The van der Waals surface area contributed by atoms with Gasteiger partial charge in [-0.2, -0.15) is 0 Å². The van der Waals surface area contributed by atoms with E-state index in [1.165, 1.54) is 0 Å². The zero-order valence-electron chi connectivity index (χ0n) is 13.8. The molecule has 0 radical (unpaired) electrons. The molecule has 2 rings (SSSR count). The standard InChI is InChI=1S/C17H25NO4/c1-17(2,3)22-16(19)18-10-9-13(11-18)12-21-15-8-6-5-7-14(15)20-4/h5-8,13H,9-12H2,1-4H3/t13-/m1/s1. The molecule has 1 heterocycles. The highest BCUT2D eigenvalue weighted by molar-refractivity contribution is 5.68. The molecular weight excluding hydrogens is 282 g/mol. The summed E-state index contributed by atoms with van der Waals surface area (Å²) in [6, 6.07) is 7.58. The molecule has 1 aliphatic heterocycles. The van der Waals surface area contributed by atoms with Crippen LogP contribution in [0.3, 0.4) is 0 Å². The molecule has 0 aliphatic carbocycles. The Morgan fingerprint density at radius 1 is 1.27 bits per heavy atom. The SMILES string of the molecule is COc1ccccc1OC[C@@H]1CCN(C(=O)OC(C)(C)C)C1. The Balaban J connectivity index is 1.83. The van der Waals surface area contributed by atoms with E-state index in [-0.39, 0.29) is 6.09 Å². The lowest BCUT2D eigenvalue weighted by Gasteiger charge is -2.24. The van der Waals surface area contributed by atoms with Gasteiger partial charge >= 0.3 is 6.09 Å². The maximum Gasteiger partial charge on any atom is 0.410 e. The van der Waals surface area contributed by atoms with Crippen molar-refractivity contribution in [3.8, 4) is 11.5 Å². The van der Waals surface area contributed by atoms with E-state index < -0.39 is 5.60 Å².